The predicted octanol–water partition coefficient (Wildman–Crippen LogP) is 4.14. The molecule has 1 N–H and O–H groups in total. The summed E-state index contributed by atoms with van der Waals surface area (Å²) in [4.78, 5) is 0. The van der Waals surface area contributed by atoms with Crippen molar-refractivity contribution in [2.75, 3.05) is 0 Å². The van der Waals surface area contributed by atoms with Gasteiger partial charge in [-0.05, 0) is 51.0 Å². The predicted molar refractivity (Wildman–Crippen MR) is 89.0 cm³/mol. The van der Waals surface area contributed by atoms with Crippen LogP contribution in [0, 0.1) is 23.2 Å². The molecular formula is C20H28F2O2. The van der Waals surface area contributed by atoms with Crippen LogP contribution in [0.2, 0.25) is 0 Å². The van der Waals surface area contributed by atoms with E-state index in [0.29, 0.717) is 17.9 Å². The Balaban J connectivity index is 1.85. The third-order valence-electron chi connectivity index (χ3n) is 7.57. The maximum atomic E-state index is 16.6. The monoisotopic (exact) mass is 338 g/mol. The molecule has 4 rings (SSSR count). The first kappa shape index (κ1) is 16.7. The Morgan fingerprint density at radius 3 is 2.54 bits per heavy atom. The van der Waals surface area contributed by atoms with Gasteiger partial charge in [-0.3, -0.25) is 0 Å². The Bertz CT molecular complexity index is 617. The zero-order valence-corrected chi connectivity index (χ0v) is 14.9. The number of fused-ring (bicyclic) bond motifs is 2. The molecule has 0 aromatic carbocycles. The van der Waals surface area contributed by atoms with E-state index in [9.17, 15) is 5.11 Å². The van der Waals surface area contributed by atoms with Crippen molar-refractivity contribution in [2.45, 2.75) is 76.6 Å². The molecule has 4 fully saturated rings. The summed E-state index contributed by atoms with van der Waals surface area (Å²) >= 11 is 0. The molecule has 1 spiro atoms. The summed E-state index contributed by atoms with van der Waals surface area (Å²) < 4.78 is 37.6. The van der Waals surface area contributed by atoms with Crippen LogP contribution in [0.25, 0.3) is 0 Å². The van der Waals surface area contributed by atoms with Crippen LogP contribution >= 0.6 is 0 Å². The Kier molecular flexibility index (Phi) is 3.42. The van der Waals surface area contributed by atoms with Gasteiger partial charge in [0.15, 0.2) is 5.67 Å². The Hall–Kier alpha value is -0.740. The van der Waals surface area contributed by atoms with E-state index in [1.165, 1.54) is 0 Å². The van der Waals surface area contributed by atoms with E-state index in [4.69, 9.17) is 4.74 Å². The van der Waals surface area contributed by atoms with Crippen molar-refractivity contribution in [3.63, 3.8) is 0 Å². The summed E-state index contributed by atoms with van der Waals surface area (Å²) in [5.74, 6) is -0.137. The fourth-order valence-corrected chi connectivity index (χ4v) is 6.63. The lowest BCUT2D eigenvalue weighted by Gasteiger charge is -2.59. The number of ether oxygens (including phenoxy) is 1. The standard InChI is InChI=1S/C20H28F2O2/c1-5-7-18(4)12(6-2)15(21)9-14-13-8-11(3)17-19(13,24-17)10-16(23)20(14,18)22/h5-7,11,13-17,23H,8-10H2,1-4H3/b7-5-,12-6-/t11-,13+,14?,15+,16?,17-,18?,19?,20+/m1/s1. The lowest BCUT2D eigenvalue weighted by atomic mass is 9.48. The molecule has 0 bridgehead atoms. The minimum Gasteiger partial charge on any atom is -0.390 e. The van der Waals surface area contributed by atoms with Gasteiger partial charge in [0.05, 0.1) is 12.2 Å². The number of epoxide rings is 1. The molecule has 134 valence electrons. The second kappa shape index (κ2) is 4.91. The molecule has 1 aliphatic heterocycles. The topological polar surface area (TPSA) is 32.8 Å². The van der Waals surface area contributed by atoms with Gasteiger partial charge >= 0.3 is 0 Å². The van der Waals surface area contributed by atoms with E-state index in [2.05, 4.69) is 6.92 Å². The van der Waals surface area contributed by atoms with Gasteiger partial charge in [0, 0.05) is 17.8 Å². The maximum Gasteiger partial charge on any atom is 0.152 e. The van der Waals surface area contributed by atoms with E-state index >= 15 is 8.78 Å². The number of aliphatic hydroxyl groups excluding tert-OH is 1. The Morgan fingerprint density at radius 1 is 1.25 bits per heavy atom. The first-order valence-corrected chi connectivity index (χ1v) is 9.25. The van der Waals surface area contributed by atoms with Gasteiger partial charge in [-0.25, -0.2) is 8.78 Å². The fraction of sp³-hybridized carbons (Fsp3) is 0.800. The minimum atomic E-state index is -1.85. The molecule has 2 nitrogen and oxygen atoms in total. The van der Waals surface area contributed by atoms with Gasteiger partial charge in [0.2, 0.25) is 0 Å². The Labute approximate surface area is 143 Å². The molecule has 24 heavy (non-hydrogen) atoms. The molecule has 0 aromatic heterocycles. The summed E-state index contributed by atoms with van der Waals surface area (Å²) in [6, 6.07) is 0. The zero-order valence-electron chi connectivity index (χ0n) is 14.9. The highest BCUT2D eigenvalue weighted by molar-refractivity contribution is 5.39. The van der Waals surface area contributed by atoms with Crippen LogP contribution in [0.15, 0.2) is 23.8 Å². The molecule has 3 saturated carbocycles. The van der Waals surface area contributed by atoms with Crippen LogP contribution in [-0.4, -0.2) is 34.8 Å². The molecule has 4 unspecified atom stereocenters. The fourth-order valence-electron chi connectivity index (χ4n) is 6.63. The first-order chi connectivity index (χ1) is 11.3. The van der Waals surface area contributed by atoms with Crippen LogP contribution in [0.5, 0.6) is 0 Å². The van der Waals surface area contributed by atoms with Gasteiger partial charge < -0.3 is 9.84 Å². The van der Waals surface area contributed by atoms with Gasteiger partial charge in [-0.2, -0.15) is 0 Å². The minimum absolute atomic E-state index is 0.00661. The average molecular weight is 338 g/mol. The van der Waals surface area contributed by atoms with Crippen molar-refractivity contribution in [3.8, 4) is 0 Å². The molecule has 1 heterocycles. The van der Waals surface area contributed by atoms with E-state index < -0.39 is 34.9 Å². The Morgan fingerprint density at radius 2 is 1.96 bits per heavy atom. The van der Waals surface area contributed by atoms with Gasteiger partial charge in [-0.15, -0.1) is 0 Å². The number of hydrogen-bond donors (Lipinski definition) is 1. The second-order valence-corrected chi connectivity index (χ2v) is 8.56. The summed E-state index contributed by atoms with van der Waals surface area (Å²) in [5, 5.41) is 10.9. The summed E-state index contributed by atoms with van der Waals surface area (Å²) in [6.07, 6.45) is 4.42. The zero-order chi connectivity index (χ0) is 17.5. The number of alkyl halides is 2. The highest BCUT2D eigenvalue weighted by Gasteiger charge is 2.79. The molecule has 9 atom stereocenters. The number of halogens is 2. The SMILES string of the molecule is C/C=C\C1(C)/C(=C\C)[C@@H](F)CC2[C@@H]3C[C@@H](C)[C@H]4OC43CC(O)[C@@]21F. The normalized spacial score (nSPS) is 60.9. The molecule has 4 heteroatoms. The highest BCUT2D eigenvalue weighted by atomic mass is 19.1. The van der Waals surface area contributed by atoms with Crippen LogP contribution in [0.4, 0.5) is 8.78 Å². The van der Waals surface area contributed by atoms with Gasteiger partial charge in [-0.1, -0.05) is 25.2 Å². The summed E-state index contributed by atoms with van der Waals surface area (Å²) in [7, 11) is 0. The molecular weight excluding hydrogens is 310 g/mol. The molecule has 0 radical (unpaired) electrons. The van der Waals surface area contributed by atoms with Crippen LogP contribution < -0.4 is 0 Å². The molecule has 1 saturated heterocycles. The van der Waals surface area contributed by atoms with Crippen molar-refractivity contribution < 1.29 is 18.6 Å². The van der Waals surface area contributed by atoms with E-state index in [-0.39, 0.29) is 18.4 Å². The van der Waals surface area contributed by atoms with E-state index in [0.717, 1.165) is 6.42 Å². The molecule has 3 aliphatic carbocycles. The van der Waals surface area contributed by atoms with Crippen LogP contribution in [0.1, 0.15) is 47.0 Å². The number of allylic oxidation sites excluding steroid dienone is 4. The van der Waals surface area contributed by atoms with Crippen molar-refractivity contribution in [1.29, 1.82) is 0 Å². The van der Waals surface area contributed by atoms with Gasteiger partial charge in [0.25, 0.3) is 0 Å². The third-order valence-corrected chi connectivity index (χ3v) is 7.57. The number of aliphatic hydroxyl groups is 1. The second-order valence-electron chi connectivity index (χ2n) is 8.56. The third kappa shape index (κ3) is 1.67. The molecule has 0 aromatic rings. The smallest absolute Gasteiger partial charge is 0.152 e. The van der Waals surface area contributed by atoms with Crippen LogP contribution in [0.3, 0.4) is 0 Å². The largest absolute Gasteiger partial charge is 0.390 e. The first-order valence-electron chi connectivity index (χ1n) is 9.25. The van der Waals surface area contributed by atoms with Crippen molar-refractivity contribution in [1.82, 2.24) is 0 Å². The van der Waals surface area contributed by atoms with Crippen LogP contribution in [-0.2, 0) is 4.74 Å². The number of hydrogen-bond acceptors (Lipinski definition) is 2. The quantitative estimate of drug-likeness (QED) is 0.576. The molecule has 0 amide bonds. The average Bonchev–Trinajstić information content (AvgIpc) is 3.16. The van der Waals surface area contributed by atoms with Crippen molar-refractivity contribution in [2.24, 2.45) is 23.2 Å². The van der Waals surface area contributed by atoms with Gasteiger partial charge in [0.1, 0.15) is 11.8 Å². The lowest BCUT2D eigenvalue weighted by Crippen LogP contribution is -2.67. The summed E-state index contributed by atoms with van der Waals surface area (Å²) in [6.45, 7) is 7.48. The molecule has 4 aliphatic rings. The van der Waals surface area contributed by atoms with E-state index in [1.54, 1.807) is 32.1 Å². The van der Waals surface area contributed by atoms with E-state index in [1.807, 2.05) is 6.92 Å². The number of rotatable bonds is 1. The lowest BCUT2D eigenvalue weighted by molar-refractivity contribution is -0.186. The highest BCUT2D eigenvalue weighted by Crippen LogP contribution is 2.71. The van der Waals surface area contributed by atoms with Crippen molar-refractivity contribution >= 4 is 0 Å². The maximum absolute atomic E-state index is 16.6. The van der Waals surface area contributed by atoms with Crippen molar-refractivity contribution in [3.05, 3.63) is 23.8 Å². The summed E-state index contributed by atoms with van der Waals surface area (Å²) in [5.41, 5.74) is -2.90.